The zero-order valence-corrected chi connectivity index (χ0v) is 10.9. The highest BCUT2D eigenvalue weighted by molar-refractivity contribution is 7.80. The Bertz CT molecular complexity index is 295. The first-order valence-corrected chi connectivity index (χ1v) is 6.15. The van der Waals surface area contributed by atoms with Gasteiger partial charge in [0.1, 0.15) is 0 Å². The summed E-state index contributed by atoms with van der Waals surface area (Å²) < 4.78 is 0. The summed E-state index contributed by atoms with van der Waals surface area (Å²) in [7, 11) is 0. The van der Waals surface area contributed by atoms with E-state index < -0.39 is 0 Å². The van der Waals surface area contributed by atoms with Crippen molar-refractivity contribution in [3.8, 4) is 0 Å². The molecule has 0 fully saturated rings. The molecule has 84 valence electrons. The van der Waals surface area contributed by atoms with Gasteiger partial charge in [0, 0.05) is 29.3 Å². The molecule has 0 unspecified atom stereocenters. The Morgan fingerprint density at radius 2 is 1.87 bits per heavy atom. The maximum atomic E-state index is 5.86. The predicted octanol–water partition coefficient (Wildman–Crippen LogP) is 3.14. The van der Waals surface area contributed by atoms with Gasteiger partial charge < -0.3 is 5.32 Å². The molecule has 1 rings (SSSR count). The Morgan fingerprint density at radius 1 is 1.27 bits per heavy atom. The number of halogens is 1. The first-order valence-electron chi connectivity index (χ1n) is 5.14. The van der Waals surface area contributed by atoms with E-state index in [1.165, 1.54) is 5.56 Å². The Labute approximate surface area is 103 Å². The SMILES string of the molecule is CC(C)(CNCCS)c1ccc(Cl)cc1. The number of benzene rings is 1. The molecule has 0 saturated heterocycles. The van der Waals surface area contributed by atoms with E-state index in [2.05, 4.69) is 43.9 Å². The molecule has 0 saturated carbocycles. The molecule has 1 N–H and O–H groups in total. The molecule has 1 aromatic carbocycles. The molecule has 1 aromatic rings. The van der Waals surface area contributed by atoms with E-state index in [0.29, 0.717) is 0 Å². The normalized spacial score (nSPS) is 11.7. The number of rotatable bonds is 5. The van der Waals surface area contributed by atoms with Crippen LogP contribution in [0.5, 0.6) is 0 Å². The summed E-state index contributed by atoms with van der Waals surface area (Å²) in [4.78, 5) is 0. The molecular formula is C12H18ClNS. The third kappa shape index (κ3) is 4.06. The van der Waals surface area contributed by atoms with Crippen molar-refractivity contribution in [3.63, 3.8) is 0 Å². The van der Waals surface area contributed by atoms with Gasteiger partial charge in [-0.1, -0.05) is 37.6 Å². The second-order valence-corrected chi connectivity index (χ2v) is 5.17. The van der Waals surface area contributed by atoms with Crippen LogP contribution in [-0.4, -0.2) is 18.8 Å². The van der Waals surface area contributed by atoms with E-state index in [9.17, 15) is 0 Å². The van der Waals surface area contributed by atoms with Crippen molar-refractivity contribution in [1.29, 1.82) is 0 Å². The van der Waals surface area contributed by atoms with Crippen molar-refractivity contribution in [3.05, 3.63) is 34.9 Å². The zero-order chi connectivity index (χ0) is 11.3. The van der Waals surface area contributed by atoms with Crippen molar-refractivity contribution >= 4 is 24.2 Å². The van der Waals surface area contributed by atoms with E-state index in [-0.39, 0.29) is 5.41 Å². The summed E-state index contributed by atoms with van der Waals surface area (Å²) in [6.45, 7) is 6.35. The van der Waals surface area contributed by atoms with Crippen molar-refractivity contribution in [1.82, 2.24) is 5.32 Å². The maximum absolute atomic E-state index is 5.86. The zero-order valence-electron chi connectivity index (χ0n) is 9.26. The van der Waals surface area contributed by atoms with Gasteiger partial charge in [-0.25, -0.2) is 0 Å². The average Bonchev–Trinajstić information content (AvgIpc) is 2.18. The first kappa shape index (κ1) is 12.9. The standard InChI is InChI=1S/C12H18ClNS/c1-12(2,9-14-7-8-15)10-3-5-11(13)6-4-10/h3-6,14-15H,7-9H2,1-2H3. The fourth-order valence-electron chi connectivity index (χ4n) is 1.48. The summed E-state index contributed by atoms with van der Waals surface area (Å²) in [5.74, 6) is 0.872. The van der Waals surface area contributed by atoms with Gasteiger partial charge in [0.25, 0.3) is 0 Å². The third-order valence-electron chi connectivity index (χ3n) is 2.48. The molecule has 0 amide bonds. The molecule has 1 nitrogen and oxygen atoms in total. The van der Waals surface area contributed by atoms with Gasteiger partial charge in [-0.15, -0.1) is 0 Å². The molecular weight excluding hydrogens is 226 g/mol. The van der Waals surface area contributed by atoms with Crippen molar-refractivity contribution in [2.45, 2.75) is 19.3 Å². The van der Waals surface area contributed by atoms with Gasteiger partial charge >= 0.3 is 0 Å². The number of hydrogen-bond donors (Lipinski definition) is 2. The topological polar surface area (TPSA) is 12.0 Å². The minimum atomic E-state index is 0.132. The molecule has 0 spiro atoms. The van der Waals surface area contributed by atoms with Gasteiger partial charge in [0.15, 0.2) is 0 Å². The van der Waals surface area contributed by atoms with E-state index in [0.717, 1.165) is 23.9 Å². The van der Waals surface area contributed by atoms with Crippen LogP contribution in [0.4, 0.5) is 0 Å². The van der Waals surface area contributed by atoms with Gasteiger partial charge in [-0.05, 0) is 17.7 Å². The number of thiol groups is 1. The Hall–Kier alpha value is -0.180. The van der Waals surface area contributed by atoms with Crippen LogP contribution in [0.25, 0.3) is 0 Å². The Morgan fingerprint density at radius 3 is 2.40 bits per heavy atom. The maximum Gasteiger partial charge on any atom is 0.0406 e. The van der Waals surface area contributed by atoms with Crippen LogP contribution >= 0.6 is 24.2 Å². The second kappa shape index (κ2) is 5.78. The highest BCUT2D eigenvalue weighted by Gasteiger charge is 2.19. The summed E-state index contributed by atoms with van der Waals surface area (Å²) in [6, 6.07) is 8.06. The van der Waals surface area contributed by atoms with Crippen LogP contribution in [0.2, 0.25) is 5.02 Å². The van der Waals surface area contributed by atoms with Crippen LogP contribution in [-0.2, 0) is 5.41 Å². The Balaban J connectivity index is 2.63. The van der Waals surface area contributed by atoms with E-state index in [1.54, 1.807) is 0 Å². The lowest BCUT2D eigenvalue weighted by Gasteiger charge is -2.25. The molecule has 0 radical (unpaired) electrons. The lowest BCUT2D eigenvalue weighted by Crippen LogP contribution is -2.33. The molecule has 0 heterocycles. The molecule has 0 atom stereocenters. The smallest absolute Gasteiger partial charge is 0.0406 e. The predicted molar refractivity (Wildman–Crippen MR) is 71.2 cm³/mol. The molecule has 0 bridgehead atoms. The summed E-state index contributed by atoms with van der Waals surface area (Å²) >= 11 is 10.0. The van der Waals surface area contributed by atoms with Crippen LogP contribution in [0.3, 0.4) is 0 Å². The highest BCUT2D eigenvalue weighted by Crippen LogP contribution is 2.23. The summed E-state index contributed by atoms with van der Waals surface area (Å²) in [5, 5.41) is 4.17. The van der Waals surface area contributed by atoms with E-state index in [1.807, 2.05) is 12.1 Å². The van der Waals surface area contributed by atoms with Crippen molar-refractivity contribution < 1.29 is 0 Å². The van der Waals surface area contributed by atoms with Crippen LogP contribution in [0, 0.1) is 0 Å². The van der Waals surface area contributed by atoms with E-state index >= 15 is 0 Å². The first-order chi connectivity index (χ1) is 7.06. The largest absolute Gasteiger partial charge is 0.315 e. The van der Waals surface area contributed by atoms with Crippen LogP contribution in [0.1, 0.15) is 19.4 Å². The second-order valence-electron chi connectivity index (χ2n) is 4.29. The lowest BCUT2D eigenvalue weighted by molar-refractivity contribution is 0.479. The molecule has 0 aliphatic carbocycles. The molecule has 0 aliphatic heterocycles. The molecule has 3 heteroatoms. The average molecular weight is 244 g/mol. The third-order valence-corrected chi connectivity index (χ3v) is 2.96. The van der Waals surface area contributed by atoms with Gasteiger partial charge in [0.05, 0.1) is 0 Å². The summed E-state index contributed by atoms with van der Waals surface area (Å²) in [5.41, 5.74) is 1.44. The Kier molecular flexibility index (Phi) is 4.97. The molecule has 15 heavy (non-hydrogen) atoms. The van der Waals surface area contributed by atoms with Gasteiger partial charge in [0.2, 0.25) is 0 Å². The van der Waals surface area contributed by atoms with Gasteiger partial charge in [-0.3, -0.25) is 0 Å². The minimum Gasteiger partial charge on any atom is -0.315 e. The minimum absolute atomic E-state index is 0.132. The molecule has 0 aromatic heterocycles. The monoisotopic (exact) mass is 243 g/mol. The quantitative estimate of drug-likeness (QED) is 0.598. The highest BCUT2D eigenvalue weighted by atomic mass is 35.5. The van der Waals surface area contributed by atoms with Crippen molar-refractivity contribution in [2.75, 3.05) is 18.8 Å². The fourth-order valence-corrected chi connectivity index (χ4v) is 1.77. The number of nitrogens with one attached hydrogen (secondary N) is 1. The fraction of sp³-hybridized carbons (Fsp3) is 0.500. The van der Waals surface area contributed by atoms with Crippen LogP contribution < -0.4 is 5.32 Å². The number of hydrogen-bond acceptors (Lipinski definition) is 2. The van der Waals surface area contributed by atoms with E-state index in [4.69, 9.17) is 11.6 Å². The van der Waals surface area contributed by atoms with Crippen molar-refractivity contribution in [2.24, 2.45) is 0 Å². The summed E-state index contributed by atoms with van der Waals surface area (Å²) in [6.07, 6.45) is 0. The van der Waals surface area contributed by atoms with Crippen LogP contribution in [0.15, 0.2) is 24.3 Å². The lowest BCUT2D eigenvalue weighted by atomic mass is 9.85. The van der Waals surface area contributed by atoms with Gasteiger partial charge in [-0.2, -0.15) is 12.6 Å². The molecule has 0 aliphatic rings.